The van der Waals surface area contributed by atoms with E-state index in [1.807, 2.05) is 48.9 Å². The van der Waals surface area contributed by atoms with Gasteiger partial charge in [-0.25, -0.2) is 0 Å². The van der Waals surface area contributed by atoms with E-state index in [-0.39, 0.29) is 0 Å². The minimum atomic E-state index is -0.552. The molecular weight excluding hydrogens is 280 g/mol. The lowest BCUT2D eigenvalue weighted by atomic mass is 10.1. The predicted molar refractivity (Wildman–Crippen MR) is 70.8 cm³/mol. The van der Waals surface area contributed by atoms with Gasteiger partial charge in [0, 0.05) is 10.2 Å². The van der Waals surface area contributed by atoms with Crippen LogP contribution in [-0.4, -0.2) is 14.9 Å². The van der Waals surface area contributed by atoms with E-state index >= 15 is 0 Å². The Morgan fingerprint density at radius 3 is 2.65 bits per heavy atom. The summed E-state index contributed by atoms with van der Waals surface area (Å²) in [4.78, 5) is 0. The van der Waals surface area contributed by atoms with Crippen molar-refractivity contribution in [2.45, 2.75) is 26.5 Å². The molecule has 0 amide bonds. The van der Waals surface area contributed by atoms with Crippen LogP contribution in [0.25, 0.3) is 0 Å². The van der Waals surface area contributed by atoms with Crippen LogP contribution in [0, 0.1) is 13.8 Å². The highest BCUT2D eigenvalue weighted by Crippen LogP contribution is 2.24. The highest BCUT2D eigenvalue weighted by molar-refractivity contribution is 9.10. The molecule has 0 bridgehead atoms. The van der Waals surface area contributed by atoms with Crippen LogP contribution in [0.4, 0.5) is 0 Å². The van der Waals surface area contributed by atoms with Crippen LogP contribution in [0.2, 0.25) is 0 Å². The molecule has 3 nitrogen and oxygen atoms in total. The standard InChI is InChI=1S/C13H15BrN2O/c1-9-7-10(2)16(15-9)8-13(17)11-5-3-4-6-12(11)14/h3-7,13,17H,8H2,1-2H3/t13-/m1/s1. The van der Waals surface area contributed by atoms with E-state index in [1.165, 1.54) is 0 Å². The third-order valence-electron chi connectivity index (χ3n) is 2.71. The van der Waals surface area contributed by atoms with Crippen molar-refractivity contribution >= 4 is 15.9 Å². The second-order valence-electron chi connectivity index (χ2n) is 4.15. The fraction of sp³-hybridized carbons (Fsp3) is 0.308. The molecule has 4 heteroatoms. The summed E-state index contributed by atoms with van der Waals surface area (Å²) in [6.45, 7) is 4.42. The lowest BCUT2D eigenvalue weighted by molar-refractivity contribution is 0.150. The molecule has 90 valence electrons. The number of aliphatic hydroxyl groups is 1. The van der Waals surface area contributed by atoms with Gasteiger partial charge < -0.3 is 5.11 Å². The van der Waals surface area contributed by atoms with Gasteiger partial charge in [-0.1, -0.05) is 34.1 Å². The zero-order valence-corrected chi connectivity index (χ0v) is 11.5. The molecule has 0 aliphatic carbocycles. The lowest BCUT2D eigenvalue weighted by Crippen LogP contribution is -2.11. The zero-order chi connectivity index (χ0) is 12.4. The molecular formula is C13H15BrN2O. The molecule has 0 saturated heterocycles. The van der Waals surface area contributed by atoms with Gasteiger partial charge in [0.1, 0.15) is 0 Å². The summed E-state index contributed by atoms with van der Waals surface area (Å²) in [6, 6.07) is 9.71. The van der Waals surface area contributed by atoms with Gasteiger partial charge in [-0.05, 0) is 31.5 Å². The van der Waals surface area contributed by atoms with Gasteiger partial charge in [-0.3, -0.25) is 4.68 Å². The molecule has 1 heterocycles. The monoisotopic (exact) mass is 294 g/mol. The molecule has 1 aromatic heterocycles. The summed E-state index contributed by atoms with van der Waals surface area (Å²) in [5.74, 6) is 0. The molecule has 1 N–H and O–H groups in total. The number of aryl methyl sites for hydroxylation is 2. The number of rotatable bonds is 3. The second kappa shape index (κ2) is 5.02. The summed E-state index contributed by atoms with van der Waals surface area (Å²) in [6.07, 6.45) is -0.552. The smallest absolute Gasteiger partial charge is 0.0996 e. The average Bonchev–Trinajstić information content (AvgIpc) is 2.58. The summed E-state index contributed by atoms with van der Waals surface area (Å²) < 4.78 is 2.76. The molecule has 0 saturated carbocycles. The van der Waals surface area contributed by atoms with Crippen LogP contribution in [0.1, 0.15) is 23.1 Å². The number of aromatic nitrogens is 2. The van der Waals surface area contributed by atoms with E-state index in [4.69, 9.17) is 0 Å². The number of aliphatic hydroxyl groups excluding tert-OH is 1. The summed E-state index contributed by atoms with van der Waals surface area (Å²) in [7, 11) is 0. The van der Waals surface area contributed by atoms with Crippen LogP contribution >= 0.6 is 15.9 Å². The first-order valence-electron chi connectivity index (χ1n) is 5.51. The fourth-order valence-corrected chi connectivity index (χ4v) is 2.42. The van der Waals surface area contributed by atoms with E-state index in [2.05, 4.69) is 21.0 Å². The molecule has 0 unspecified atom stereocenters. The van der Waals surface area contributed by atoms with Gasteiger partial charge in [0.2, 0.25) is 0 Å². The van der Waals surface area contributed by atoms with Crippen LogP contribution in [0.3, 0.4) is 0 Å². The zero-order valence-electron chi connectivity index (χ0n) is 9.89. The highest BCUT2D eigenvalue weighted by Gasteiger charge is 2.13. The van der Waals surface area contributed by atoms with Crippen LogP contribution in [0.15, 0.2) is 34.8 Å². The lowest BCUT2D eigenvalue weighted by Gasteiger charge is -2.13. The summed E-state index contributed by atoms with van der Waals surface area (Å²) in [5.41, 5.74) is 2.93. The number of hydrogen-bond donors (Lipinski definition) is 1. The van der Waals surface area contributed by atoms with Crippen molar-refractivity contribution < 1.29 is 5.11 Å². The van der Waals surface area contributed by atoms with Crippen molar-refractivity contribution in [2.75, 3.05) is 0 Å². The van der Waals surface area contributed by atoms with E-state index in [1.54, 1.807) is 0 Å². The maximum atomic E-state index is 10.2. The SMILES string of the molecule is Cc1cc(C)n(C[C@@H](O)c2ccccc2Br)n1. The molecule has 0 spiro atoms. The molecule has 0 aliphatic rings. The third kappa shape index (κ3) is 2.76. The van der Waals surface area contributed by atoms with E-state index in [0.29, 0.717) is 6.54 Å². The Morgan fingerprint density at radius 2 is 2.06 bits per heavy atom. The van der Waals surface area contributed by atoms with Crippen molar-refractivity contribution in [3.8, 4) is 0 Å². The topological polar surface area (TPSA) is 38.0 Å². The Bertz CT molecular complexity index is 522. The Kier molecular flexibility index (Phi) is 3.64. The van der Waals surface area contributed by atoms with Gasteiger partial charge in [0.25, 0.3) is 0 Å². The Labute approximate surface area is 109 Å². The van der Waals surface area contributed by atoms with E-state index < -0.39 is 6.10 Å². The molecule has 1 atom stereocenters. The first kappa shape index (κ1) is 12.3. The molecule has 0 radical (unpaired) electrons. The maximum Gasteiger partial charge on any atom is 0.0996 e. The van der Waals surface area contributed by atoms with Crippen molar-refractivity contribution in [3.05, 3.63) is 51.8 Å². The molecule has 2 rings (SSSR count). The minimum absolute atomic E-state index is 0.474. The normalized spacial score (nSPS) is 12.7. The Balaban J connectivity index is 2.20. The summed E-state index contributed by atoms with van der Waals surface area (Å²) in [5, 5.41) is 14.5. The number of benzene rings is 1. The van der Waals surface area contributed by atoms with E-state index in [9.17, 15) is 5.11 Å². The fourth-order valence-electron chi connectivity index (χ4n) is 1.87. The summed E-state index contributed by atoms with van der Waals surface area (Å²) >= 11 is 3.44. The quantitative estimate of drug-likeness (QED) is 0.945. The molecule has 0 aliphatic heterocycles. The largest absolute Gasteiger partial charge is 0.386 e. The first-order valence-corrected chi connectivity index (χ1v) is 6.31. The second-order valence-corrected chi connectivity index (χ2v) is 5.00. The first-order chi connectivity index (χ1) is 8.08. The average molecular weight is 295 g/mol. The molecule has 1 aromatic carbocycles. The Hall–Kier alpha value is -1.13. The van der Waals surface area contributed by atoms with Crippen LogP contribution in [-0.2, 0) is 6.54 Å². The van der Waals surface area contributed by atoms with Crippen molar-refractivity contribution in [1.29, 1.82) is 0 Å². The maximum absolute atomic E-state index is 10.2. The third-order valence-corrected chi connectivity index (χ3v) is 3.44. The van der Waals surface area contributed by atoms with Crippen LogP contribution < -0.4 is 0 Å². The number of nitrogens with zero attached hydrogens (tertiary/aromatic N) is 2. The highest BCUT2D eigenvalue weighted by atomic mass is 79.9. The molecule has 2 aromatic rings. The van der Waals surface area contributed by atoms with Gasteiger partial charge in [-0.2, -0.15) is 5.10 Å². The number of halogens is 1. The number of hydrogen-bond acceptors (Lipinski definition) is 2. The van der Waals surface area contributed by atoms with Gasteiger partial charge >= 0.3 is 0 Å². The van der Waals surface area contributed by atoms with Gasteiger partial charge in [0.05, 0.1) is 18.3 Å². The minimum Gasteiger partial charge on any atom is -0.386 e. The van der Waals surface area contributed by atoms with Crippen molar-refractivity contribution in [3.63, 3.8) is 0 Å². The Morgan fingerprint density at radius 1 is 1.35 bits per heavy atom. The molecule has 0 fully saturated rings. The van der Waals surface area contributed by atoms with E-state index in [0.717, 1.165) is 21.4 Å². The predicted octanol–water partition coefficient (Wildman–Crippen LogP) is 3.00. The van der Waals surface area contributed by atoms with Crippen molar-refractivity contribution in [1.82, 2.24) is 9.78 Å². The van der Waals surface area contributed by atoms with Gasteiger partial charge in [-0.15, -0.1) is 0 Å². The molecule has 17 heavy (non-hydrogen) atoms. The van der Waals surface area contributed by atoms with Crippen molar-refractivity contribution in [2.24, 2.45) is 0 Å². The van der Waals surface area contributed by atoms with Crippen LogP contribution in [0.5, 0.6) is 0 Å². The van der Waals surface area contributed by atoms with Gasteiger partial charge in [0.15, 0.2) is 0 Å².